The maximum Gasteiger partial charge on any atom is 0.255 e. The summed E-state index contributed by atoms with van der Waals surface area (Å²) in [5.41, 5.74) is 6.57. The molecule has 2 N–H and O–H groups in total. The van der Waals surface area contributed by atoms with Crippen molar-refractivity contribution >= 4 is 68.0 Å². The number of amides is 2. The number of nitrogens with one attached hydrogen (secondary N) is 2. The van der Waals surface area contributed by atoms with E-state index in [2.05, 4.69) is 10.6 Å². The second-order valence-electron chi connectivity index (χ2n) is 8.90. The molecule has 38 heavy (non-hydrogen) atoms. The van der Waals surface area contributed by atoms with Crippen LogP contribution in [0.25, 0.3) is 0 Å². The van der Waals surface area contributed by atoms with Gasteiger partial charge in [0.2, 0.25) is 0 Å². The lowest BCUT2D eigenvalue weighted by Gasteiger charge is -2.19. The topological polar surface area (TPSA) is 58.2 Å². The summed E-state index contributed by atoms with van der Waals surface area (Å²) in [7, 11) is 3.11. The zero-order chi connectivity index (χ0) is 27.4. The molecule has 4 rings (SSSR count). The van der Waals surface area contributed by atoms with Crippen LogP contribution >= 0.6 is 44.8 Å². The molecule has 0 heterocycles. The second kappa shape index (κ2) is 12.3. The van der Waals surface area contributed by atoms with Crippen LogP contribution < -0.4 is 10.6 Å². The first-order valence-electron chi connectivity index (χ1n) is 11.8. The number of halogens is 2. The summed E-state index contributed by atoms with van der Waals surface area (Å²) >= 11 is 12.0. The molecule has 8 heteroatoms. The standard InChI is InChI=1S/C30H26Cl2N2O2S2/c1-17-5-7-19(3)27(25(17)33-29(35)21-9-13-23(31)14-10-21)37-38-28-20(4)8-6-18(2)26(28)34-30(36)22-11-15-24(32)16-12-22/h5-16H,1-4H3,(H,33,35)(H,34,36). The van der Waals surface area contributed by atoms with Crippen LogP contribution in [0.2, 0.25) is 10.0 Å². The van der Waals surface area contributed by atoms with Crippen LogP contribution in [-0.2, 0) is 0 Å². The van der Waals surface area contributed by atoms with E-state index in [0.717, 1.165) is 43.4 Å². The highest BCUT2D eigenvalue weighted by Gasteiger charge is 2.18. The predicted molar refractivity (Wildman–Crippen MR) is 162 cm³/mol. The van der Waals surface area contributed by atoms with E-state index in [9.17, 15) is 9.59 Å². The maximum atomic E-state index is 13.0. The highest BCUT2D eigenvalue weighted by atomic mass is 35.5. The maximum absolute atomic E-state index is 13.0. The fourth-order valence-corrected chi connectivity index (χ4v) is 6.95. The molecule has 4 aromatic rings. The number of benzene rings is 4. The van der Waals surface area contributed by atoms with E-state index in [0.29, 0.717) is 21.2 Å². The zero-order valence-corrected chi connectivity index (χ0v) is 24.5. The molecule has 0 spiro atoms. The Morgan fingerprint density at radius 3 is 1.18 bits per heavy atom. The minimum absolute atomic E-state index is 0.204. The van der Waals surface area contributed by atoms with Crippen molar-refractivity contribution in [3.8, 4) is 0 Å². The van der Waals surface area contributed by atoms with Gasteiger partial charge in [0.25, 0.3) is 11.8 Å². The van der Waals surface area contributed by atoms with Crippen LogP contribution in [0.1, 0.15) is 43.0 Å². The molecular formula is C30H26Cl2N2O2S2. The third kappa shape index (κ3) is 6.56. The number of hydrogen-bond acceptors (Lipinski definition) is 4. The van der Waals surface area contributed by atoms with Gasteiger partial charge < -0.3 is 10.6 Å². The molecule has 0 atom stereocenters. The quantitative estimate of drug-likeness (QED) is 0.214. The highest BCUT2D eigenvalue weighted by molar-refractivity contribution is 8.76. The molecule has 0 aromatic heterocycles. The van der Waals surface area contributed by atoms with E-state index in [1.54, 1.807) is 70.1 Å². The Labute approximate surface area is 240 Å². The van der Waals surface area contributed by atoms with Crippen LogP contribution in [0.3, 0.4) is 0 Å². The number of carbonyl (C=O) groups is 2. The smallest absolute Gasteiger partial charge is 0.255 e. The lowest BCUT2D eigenvalue weighted by atomic mass is 10.1. The fraction of sp³-hybridized carbons (Fsp3) is 0.133. The molecular weight excluding hydrogens is 555 g/mol. The first kappa shape index (κ1) is 28.1. The van der Waals surface area contributed by atoms with Gasteiger partial charge in [0.15, 0.2) is 0 Å². The molecule has 0 aliphatic heterocycles. The van der Waals surface area contributed by atoms with Crippen LogP contribution in [-0.4, -0.2) is 11.8 Å². The highest BCUT2D eigenvalue weighted by Crippen LogP contribution is 2.48. The predicted octanol–water partition coefficient (Wildman–Crippen LogP) is 9.53. The SMILES string of the molecule is Cc1ccc(C)c(SSc2c(C)ccc(C)c2NC(=O)c2ccc(Cl)cc2)c1NC(=O)c1ccc(Cl)cc1. The van der Waals surface area contributed by atoms with E-state index in [1.165, 1.54) is 0 Å². The number of carbonyl (C=O) groups excluding carboxylic acids is 2. The number of rotatable bonds is 7. The molecule has 2 amide bonds. The van der Waals surface area contributed by atoms with Crippen molar-refractivity contribution in [3.05, 3.63) is 116 Å². The lowest BCUT2D eigenvalue weighted by Crippen LogP contribution is -2.14. The van der Waals surface area contributed by atoms with E-state index < -0.39 is 0 Å². The van der Waals surface area contributed by atoms with Crippen molar-refractivity contribution in [3.63, 3.8) is 0 Å². The molecule has 0 aliphatic rings. The lowest BCUT2D eigenvalue weighted by molar-refractivity contribution is 0.101. The van der Waals surface area contributed by atoms with Gasteiger partial charge in [0.1, 0.15) is 0 Å². The zero-order valence-electron chi connectivity index (χ0n) is 21.3. The van der Waals surface area contributed by atoms with Crippen molar-refractivity contribution in [2.24, 2.45) is 0 Å². The Kier molecular flexibility index (Phi) is 9.11. The minimum atomic E-state index is -0.204. The summed E-state index contributed by atoms with van der Waals surface area (Å²) in [6.45, 7) is 7.99. The van der Waals surface area contributed by atoms with Crippen molar-refractivity contribution in [2.75, 3.05) is 10.6 Å². The van der Waals surface area contributed by atoms with Crippen LogP contribution in [0.4, 0.5) is 11.4 Å². The summed E-state index contributed by atoms with van der Waals surface area (Å²) in [6, 6.07) is 21.7. The van der Waals surface area contributed by atoms with Crippen molar-refractivity contribution in [1.82, 2.24) is 0 Å². The molecule has 0 radical (unpaired) electrons. The molecule has 4 aromatic carbocycles. The summed E-state index contributed by atoms with van der Waals surface area (Å²) in [5.74, 6) is -0.408. The number of anilines is 2. The van der Waals surface area contributed by atoms with Gasteiger partial charge >= 0.3 is 0 Å². The summed E-state index contributed by atoms with van der Waals surface area (Å²) in [4.78, 5) is 27.9. The van der Waals surface area contributed by atoms with Gasteiger partial charge in [0, 0.05) is 31.0 Å². The van der Waals surface area contributed by atoms with Gasteiger partial charge in [-0.15, -0.1) is 0 Å². The molecule has 4 nitrogen and oxygen atoms in total. The number of aryl methyl sites for hydroxylation is 4. The molecule has 0 aliphatic carbocycles. The summed E-state index contributed by atoms with van der Waals surface area (Å²) in [6.07, 6.45) is 0. The van der Waals surface area contributed by atoms with E-state index >= 15 is 0 Å². The Balaban J connectivity index is 1.61. The summed E-state index contributed by atoms with van der Waals surface area (Å²) < 4.78 is 0. The fourth-order valence-electron chi connectivity index (χ4n) is 3.75. The van der Waals surface area contributed by atoms with Crippen LogP contribution in [0.15, 0.2) is 82.6 Å². The Morgan fingerprint density at radius 1 is 0.526 bits per heavy atom. The van der Waals surface area contributed by atoms with Gasteiger partial charge in [0.05, 0.1) is 11.4 Å². The largest absolute Gasteiger partial charge is 0.321 e. The van der Waals surface area contributed by atoms with E-state index in [4.69, 9.17) is 23.2 Å². The van der Waals surface area contributed by atoms with Gasteiger partial charge in [-0.2, -0.15) is 0 Å². The molecule has 0 saturated heterocycles. The monoisotopic (exact) mass is 580 g/mol. The first-order valence-corrected chi connectivity index (χ1v) is 14.7. The average molecular weight is 582 g/mol. The van der Waals surface area contributed by atoms with E-state index in [-0.39, 0.29) is 11.8 Å². The van der Waals surface area contributed by atoms with Crippen LogP contribution in [0.5, 0.6) is 0 Å². The third-order valence-electron chi connectivity index (χ3n) is 6.02. The Morgan fingerprint density at radius 2 is 0.842 bits per heavy atom. The van der Waals surface area contributed by atoms with Crippen molar-refractivity contribution in [2.45, 2.75) is 37.5 Å². The summed E-state index contributed by atoms with van der Waals surface area (Å²) in [5, 5.41) is 7.34. The normalized spacial score (nSPS) is 10.8. The second-order valence-corrected chi connectivity index (χ2v) is 11.9. The Bertz CT molecular complexity index is 1390. The third-order valence-corrected chi connectivity index (χ3v) is 9.25. The first-order chi connectivity index (χ1) is 18.1. The van der Waals surface area contributed by atoms with E-state index in [1.807, 2.05) is 52.0 Å². The minimum Gasteiger partial charge on any atom is -0.321 e. The molecule has 0 unspecified atom stereocenters. The molecule has 194 valence electrons. The van der Waals surface area contributed by atoms with Crippen molar-refractivity contribution < 1.29 is 9.59 Å². The molecule has 0 bridgehead atoms. The Hall–Kier alpha value is -2.90. The van der Waals surface area contributed by atoms with Gasteiger partial charge in [-0.1, -0.05) is 47.5 Å². The molecule has 0 saturated carbocycles. The molecule has 0 fully saturated rings. The van der Waals surface area contributed by atoms with Gasteiger partial charge in [-0.25, -0.2) is 0 Å². The van der Waals surface area contributed by atoms with Gasteiger partial charge in [-0.3, -0.25) is 9.59 Å². The van der Waals surface area contributed by atoms with Gasteiger partial charge in [-0.05, 0) is 120 Å². The van der Waals surface area contributed by atoms with Crippen molar-refractivity contribution in [1.29, 1.82) is 0 Å². The number of hydrogen-bond donors (Lipinski definition) is 2. The average Bonchev–Trinajstić information content (AvgIpc) is 2.89. The van der Waals surface area contributed by atoms with Crippen LogP contribution in [0, 0.1) is 27.7 Å².